The average Bonchev–Trinajstić information content (AvgIpc) is 2.63. The van der Waals surface area contributed by atoms with Crippen molar-refractivity contribution in [3.05, 3.63) is 17.5 Å². The second kappa shape index (κ2) is 5.19. The normalized spacial score (nSPS) is 27.1. The van der Waals surface area contributed by atoms with Crippen molar-refractivity contribution < 1.29 is 5.11 Å². The zero-order chi connectivity index (χ0) is 12.4. The van der Waals surface area contributed by atoms with Crippen molar-refractivity contribution in [2.45, 2.75) is 57.7 Å². The summed E-state index contributed by atoms with van der Waals surface area (Å²) in [5.41, 5.74) is 2.42. The molecule has 1 saturated carbocycles. The van der Waals surface area contributed by atoms with Gasteiger partial charge in [-0.15, -0.1) is 0 Å². The lowest BCUT2D eigenvalue weighted by Gasteiger charge is -2.31. The van der Waals surface area contributed by atoms with Crippen molar-refractivity contribution in [1.82, 2.24) is 15.1 Å². The van der Waals surface area contributed by atoms with E-state index >= 15 is 0 Å². The molecular formula is C13H23N3O. The summed E-state index contributed by atoms with van der Waals surface area (Å²) in [6.45, 7) is 4.23. The molecular weight excluding hydrogens is 214 g/mol. The molecule has 0 aromatic carbocycles. The van der Waals surface area contributed by atoms with Crippen LogP contribution in [0.4, 0.5) is 0 Å². The van der Waals surface area contributed by atoms with Crippen LogP contribution < -0.4 is 5.32 Å². The first-order valence-corrected chi connectivity index (χ1v) is 6.52. The molecule has 17 heavy (non-hydrogen) atoms. The summed E-state index contributed by atoms with van der Waals surface area (Å²) < 4.78 is 1.89. The van der Waals surface area contributed by atoms with Crippen LogP contribution >= 0.6 is 0 Å². The highest BCUT2D eigenvalue weighted by Gasteiger charge is 2.25. The topological polar surface area (TPSA) is 50.1 Å². The molecule has 0 aliphatic heterocycles. The van der Waals surface area contributed by atoms with Crippen molar-refractivity contribution in [3.8, 4) is 0 Å². The van der Waals surface area contributed by atoms with E-state index < -0.39 is 0 Å². The smallest absolute Gasteiger partial charge is 0.0693 e. The van der Waals surface area contributed by atoms with Gasteiger partial charge in [0.25, 0.3) is 0 Å². The van der Waals surface area contributed by atoms with E-state index in [0.29, 0.717) is 0 Å². The first-order chi connectivity index (χ1) is 8.09. The number of nitrogens with one attached hydrogen (secondary N) is 1. The maximum atomic E-state index is 9.96. The highest BCUT2D eigenvalue weighted by molar-refractivity contribution is 5.20. The van der Waals surface area contributed by atoms with E-state index in [9.17, 15) is 5.11 Å². The fourth-order valence-electron chi connectivity index (χ4n) is 2.66. The summed E-state index contributed by atoms with van der Waals surface area (Å²) in [6, 6.07) is 0.486. The molecule has 0 spiro atoms. The molecule has 0 bridgehead atoms. The zero-order valence-corrected chi connectivity index (χ0v) is 11.0. The van der Waals surface area contributed by atoms with Gasteiger partial charge in [-0.1, -0.05) is 12.8 Å². The lowest BCUT2D eigenvalue weighted by atomic mass is 9.91. The standard InChI is InChI=1S/C13H23N3O/c1-9(11-8-14-16(3)10(11)2)15-12-6-4-5-7-13(12)17/h8-9,12-13,15,17H,4-7H2,1-3H3. The van der Waals surface area contributed by atoms with Crippen molar-refractivity contribution in [2.24, 2.45) is 7.05 Å². The first-order valence-electron chi connectivity index (χ1n) is 6.52. The molecule has 96 valence electrons. The SMILES string of the molecule is Cc1c(C(C)NC2CCCCC2O)cnn1C. The van der Waals surface area contributed by atoms with Crippen LogP contribution in [0.25, 0.3) is 0 Å². The zero-order valence-electron chi connectivity index (χ0n) is 11.0. The number of aliphatic hydroxyl groups is 1. The Balaban J connectivity index is 2.01. The number of aliphatic hydroxyl groups excluding tert-OH is 1. The van der Waals surface area contributed by atoms with Gasteiger partial charge in [-0.3, -0.25) is 4.68 Å². The average molecular weight is 237 g/mol. The van der Waals surface area contributed by atoms with E-state index in [4.69, 9.17) is 0 Å². The van der Waals surface area contributed by atoms with Gasteiger partial charge in [-0.25, -0.2) is 0 Å². The highest BCUT2D eigenvalue weighted by Crippen LogP contribution is 2.23. The highest BCUT2D eigenvalue weighted by atomic mass is 16.3. The minimum Gasteiger partial charge on any atom is -0.392 e. The van der Waals surface area contributed by atoms with Crippen LogP contribution in [-0.2, 0) is 7.05 Å². The fourth-order valence-corrected chi connectivity index (χ4v) is 2.66. The predicted molar refractivity (Wildman–Crippen MR) is 67.8 cm³/mol. The summed E-state index contributed by atoms with van der Waals surface area (Å²) in [6.07, 6.45) is 6.10. The fraction of sp³-hybridized carbons (Fsp3) is 0.769. The van der Waals surface area contributed by atoms with Crippen LogP contribution in [0.5, 0.6) is 0 Å². The summed E-state index contributed by atoms with van der Waals surface area (Å²) in [5.74, 6) is 0. The largest absolute Gasteiger partial charge is 0.392 e. The van der Waals surface area contributed by atoms with Crippen LogP contribution in [0.2, 0.25) is 0 Å². The number of aryl methyl sites for hydroxylation is 1. The molecule has 0 saturated heterocycles. The third kappa shape index (κ3) is 2.69. The van der Waals surface area contributed by atoms with Crippen molar-refractivity contribution in [3.63, 3.8) is 0 Å². The van der Waals surface area contributed by atoms with Gasteiger partial charge >= 0.3 is 0 Å². The molecule has 1 aromatic rings. The van der Waals surface area contributed by atoms with Crippen LogP contribution in [-0.4, -0.2) is 27.0 Å². The monoisotopic (exact) mass is 237 g/mol. The van der Waals surface area contributed by atoms with Crippen molar-refractivity contribution in [1.29, 1.82) is 0 Å². The minimum absolute atomic E-state index is 0.192. The summed E-state index contributed by atoms with van der Waals surface area (Å²) in [7, 11) is 1.96. The van der Waals surface area contributed by atoms with Crippen LogP contribution in [0.3, 0.4) is 0 Å². The summed E-state index contributed by atoms with van der Waals surface area (Å²) in [4.78, 5) is 0. The molecule has 1 aromatic heterocycles. The molecule has 2 N–H and O–H groups in total. The number of nitrogens with zero attached hydrogens (tertiary/aromatic N) is 2. The molecule has 4 nitrogen and oxygen atoms in total. The number of aromatic nitrogens is 2. The van der Waals surface area contributed by atoms with E-state index in [0.717, 1.165) is 19.3 Å². The minimum atomic E-state index is -0.192. The molecule has 0 radical (unpaired) electrons. The molecule has 1 aliphatic rings. The Kier molecular flexibility index (Phi) is 3.84. The quantitative estimate of drug-likeness (QED) is 0.841. The van der Waals surface area contributed by atoms with Gasteiger partial charge in [-0.05, 0) is 26.7 Å². The Morgan fingerprint density at radius 3 is 2.76 bits per heavy atom. The molecule has 1 aliphatic carbocycles. The number of hydrogen-bond acceptors (Lipinski definition) is 3. The molecule has 2 rings (SSSR count). The van der Waals surface area contributed by atoms with Gasteiger partial charge in [0, 0.05) is 30.4 Å². The van der Waals surface area contributed by atoms with Crippen LogP contribution in [0.1, 0.15) is 49.9 Å². The van der Waals surface area contributed by atoms with Crippen LogP contribution in [0, 0.1) is 6.92 Å². The van der Waals surface area contributed by atoms with E-state index in [1.54, 1.807) is 0 Å². The van der Waals surface area contributed by atoms with Gasteiger partial charge in [0.15, 0.2) is 0 Å². The molecule has 4 heteroatoms. The Morgan fingerprint density at radius 1 is 1.47 bits per heavy atom. The van der Waals surface area contributed by atoms with Gasteiger partial charge in [0.05, 0.1) is 12.3 Å². The molecule has 3 unspecified atom stereocenters. The molecule has 3 atom stereocenters. The second-order valence-corrected chi connectivity index (χ2v) is 5.16. The van der Waals surface area contributed by atoms with Crippen LogP contribution in [0.15, 0.2) is 6.20 Å². The Labute approximate surface area is 103 Å². The Bertz CT molecular complexity index is 375. The van der Waals surface area contributed by atoms with E-state index in [-0.39, 0.29) is 18.2 Å². The van der Waals surface area contributed by atoms with Gasteiger partial charge < -0.3 is 10.4 Å². The Morgan fingerprint density at radius 2 is 2.18 bits per heavy atom. The maximum Gasteiger partial charge on any atom is 0.0693 e. The Hall–Kier alpha value is -0.870. The third-order valence-electron chi connectivity index (χ3n) is 3.93. The van der Waals surface area contributed by atoms with E-state index in [1.807, 2.05) is 17.9 Å². The van der Waals surface area contributed by atoms with Gasteiger partial charge in [0.2, 0.25) is 0 Å². The molecule has 1 fully saturated rings. The lowest BCUT2D eigenvalue weighted by Crippen LogP contribution is -2.43. The number of rotatable bonds is 3. The van der Waals surface area contributed by atoms with Gasteiger partial charge in [-0.2, -0.15) is 5.10 Å². The number of hydrogen-bond donors (Lipinski definition) is 2. The maximum absolute atomic E-state index is 9.96. The van der Waals surface area contributed by atoms with Gasteiger partial charge in [0.1, 0.15) is 0 Å². The van der Waals surface area contributed by atoms with Crippen molar-refractivity contribution >= 4 is 0 Å². The predicted octanol–water partition coefficient (Wildman–Crippen LogP) is 1.68. The lowest BCUT2D eigenvalue weighted by molar-refractivity contribution is 0.0859. The summed E-state index contributed by atoms with van der Waals surface area (Å²) in [5, 5.41) is 17.8. The second-order valence-electron chi connectivity index (χ2n) is 5.16. The molecule has 1 heterocycles. The van der Waals surface area contributed by atoms with Crippen molar-refractivity contribution in [2.75, 3.05) is 0 Å². The van der Waals surface area contributed by atoms with E-state index in [2.05, 4.69) is 24.3 Å². The first kappa shape index (κ1) is 12.6. The third-order valence-corrected chi connectivity index (χ3v) is 3.93. The summed E-state index contributed by atoms with van der Waals surface area (Å²) >= 11 is 0. The molecule has 0 amide bonds. The van der Waals surface area contributed by atoms with E-state index in [1.165, 1.54) is 17.7 Å².